The molecule has 3 aromatic heterocycles. The van der Waals surface area contributed by atoms with Crippen LogP contribution in [0.25, 0.3) is 22.2 Å². The highest BCUT2D eigenvalue weighted by molar-refractivity contribution is 7.10. The normalized spacial score (nSPS) is 18.0. The number of nitrogens with zero attached hydrogens (tertiary/aromatic N) is 5. The van der Waals surface area contributed by atoms with Crippen LogP contribution in [0.2, 0.25) is 5.15 Å². The molecule has 0 amide bonds. The molecule has 4 heterocycles. The quantitative estimate of drug-likeness (QED) is 0.464. The van der Waals surface area contributed by atoms with Crippen molar-refractivity contribution in [1.82, 2.24) is 18.7 Å². The van der Waals surface area contributed by atoms with Gasteiger partial charge < -0.3 is 14.4 Å². The Kier molecular flexibility index (Phi) is 5.65. The predicted molar refractivity (Wildman–Crippen MR) is 128 cm³/mol. The Hall–Kier alpha value is -3.23. The Bertz CT molecular complexity index is 1590. The van der Waals surface area contributed by atoms with E-state index >= 15 is 0 Å². The lowest BCUT2D eigenvalue weighted by atomic mass is 10.0. The maximum absolute atomic E-state index is 13.5. The third kappa shape index (κ3) is 3.40. The van der Waals surface area contributed by atoms with E-state index < -0.39 is 23.3 Å². The summed E-state index contributed by atoms with van der Waals surface area (Å²) in [6.45, 7) is 0.211. The first-order valence-corrected chi connectivity index (χ1v) is 11.8. The zero-order chi connectivity index (χ0) is 24.1. The molecule has 174 valence electrons. The van der Waals surface area contributed by atoms with Crippen LogP contribution in [-0.4, -0.2) is 43.1 Å². The molecule has 1 aliphatic rings. The summed E-state index contributed by atoms with van der Waals surface area (Å²) in [6.07, 6.45) is -0.542. The maximum atomic E-state index is 13.5. The second kappa shape index (κ2) is 8.52. The third-order valence-corrected chi connectivity index (χ3v) is 7.46. The van der Waals surface area contributed by atoms with Crippen LogP contribution in [0.1, 0.15) is 22.2 Å². The van der Waals surface area contributed by atoms with Crippen LogP contribution in [0.4, 0.5) is 0 Å². The van der Waals surface area contributed by atoms with Gasteiger partial charge in [0.2, 0.25) is 0 Å². The second-order valence-corrected chi connectivity index (χ2v) is 9.44. The molecule has 1 aliphatic heterocycles. The number of hydrogen-bond donors (Lipinski definition) is 1. The number of aromatic nitrogens is 4. The Morgan fingerprint density at radius 3 is 2.79 bits per heavy atom. The molecule has 2 atom stereocenters. The van der Waals surface area contributed by atoms with Gasteiger partial charge in [-0.05, 0) is 12.1 Å². The minimum absolute atomic E-state index is 0.190. The average molecular weight is 498 g/mol. The van der Waals surface area contributed by atoms with E-state index in [4.69, 9.17) is 16.3 Å². The molecule has 0 bridgehead atoms. The molecule has 0 radical (unpaired) electrons. The van der Waals surface area contributed by atoms with E-state index in [9.17, 15) is 20.0 Å². The standard InChI is InChI=1S/C23H20ClN5O4S/c1-27-20-17(22(31)28(2)23(27)32)18(13-5-3-4-12(6-13)7-25)29-8-14(9-30)33-10-15(19(20)29)21-26-16(24)11-34-21/h3-6,11,14-15,30H,8-10H2,1-2H3/t14-,15+/m0/s1. The number of ether oxygens (including phenoxy) is 1. The Labute approximate surface area is 202 Å². The van der Waals surface area contributed by atoms with Crippen molar-refractivity contribution >= 4 is 33.8 Å². The van der Waals surface area contributed by atoms with E-state index in [1.807, 2.05) is 10.6 Å². The first-order valence-electron chi connectivity index (χ1n) is 10.5. The highest BCUT2D eigenvalue weighted by Crippen LogP contribution is 2.41. The van der Waals surface area contributed by atoms with E-state index in [2.05, 4.69) is 11.1 Å². The second-order valence-electron chi connectivity index (χ2n) is 8.17. The van der Waals surface area contributed by atoms with Crippen molar-refractivity contribution in [3.05, 3.63) is 71.9 Å². The minimum atomic E-state index is -0.542. The van der Waals surface area contributed by atoms with Gasteiger partial charge in [0.25, 0.3) is 5.56 Å². The van der Waals surface area contributed by atoms with Gasteiger partial charge in [-0.1, -0.05) is 23.7 Å². The van der Waals surface area contributed by atoms with E-state index in [-0.39, 0.29) is 19.8 Å². The summed E-state index contributed by atoms with van der Waals surface area (Å²) in [5.74, 6) is -0.429. The van der Waals surface area contributed by atoms with Crippen LogP contribution in [0.3, 0.4) is 0 Å². The summed E-state index contributed by atoms with van der Waals surface area (Å²) in [4.78, 5) is 30.9. The largest absolute Gasteiger partial charge is 0.394 e. The van der Waals surface area contributed by atoms with Crippen molar-refractivity contribution in [3.63, 3.8) is 0 Å². The molecule has 0 saturated carbocycles. The smallest absolute Gasteiger partial charge is 0.331 e. The van der Waals surface area contributed by atoms with Crippen molar-refractivity contribution in [3.8, 4) is 17.3 Å². The zero-order valence-electron chi connectivity index (χ0n) is 18.4. The lowest BCUT2D eigenvalue weighted by molar-refractivity contribution is 0.00850. The molecular formula is C23H20ClN5O4S. The molecular weight excluding hydrogens is 478 g/mol. The van der Waals surface area contributed by atoms with Crippen LogP contribution in [0.15, 0.2) is 39.2 Å². The molecule has 0 aliphatic carbocycles. The van der Waals surface area contributed by atoms with Gasteiger partial charge in [-0.25, -0.2) is 9.78 Å². The van der Waals surface area contributed by atoms with Crippen LogP contribution < -0.4 is 11.2 Å². The molecule has 1 N–H and O–H groups in total. The van der Waals surface area contributed by atoms with Gasteiger partial charge >= 0.3 is 5.69 Å². The van der Waals surface area contributed by atoms with Crippen molar-refractivity contribution in [1.29, 1.82) is 5.26 Å². The van der Waals surface area contributed by atoms with Crippen LogP contribution in [0, 0.1) is 11.3 Å². The molecule has 11 heteroatoms. The number of nitriles is 1. The molecule has 0 unspecified atom stereocenters. The van der Waals surface area contributed by atoms with Crippen molar-refractivity contribution in [2.45, 2.75) is 18.6 Å². The first-order chi connectivity index (χ1) is 16.3. The lowest BCUT2D eigenvalue weighted by Gasteiger charge is -2.16. The number of benzene rings is 1. The molecule has 34 heavy (non-hydrogen) atoms. The van der Waals surface area contributed by atoms with E-state index in [0.717, 1.165) is 4.57 Å². The van der Waals surface area contributed by atoms with Gasteiger partial charge in [0.1, 0.15) is 10.2 Å². The van der Waals surface area contributed by atoms with Gasteiger partial charge in [-0.3, -0.25) is 13.9 Å². The Morgan fingerprint density at radius 1 is 1.32 bits per heavy atom. The number of thiazole rings is 1. The van der Waals surface area contributed by atoms with Gasteiger partial charge in [0.15, 0.2) is 0 Å². The van der Waals surface area contributed by atoms with E-state index in [0.29, 0.717) is 43.6 Å². The molecule has 9 nitrogen and oxygen atoms in total. The summed E-state index contributed by atoms with van der Waals surface area (Å²) in [7, 11) is 3.07. The van der Waals surface area contributed by atoms with Crippen LogP contribution >= 0.6 is 22.9 Å². The highest BCUT2D eigenvalue weighted by atomic mass is 35.5. The number of rotatable bonds is 3. The summed E-state index contributed by atoms with van der Waals surface area (Å²) in [6, 6.07) is 9.11. The number of hydrogen-bond acceptors (Lipinski definition) is 7. The molecule has 1 aromatic carbocycles. The van der Waals surface area contributed by atoms with Gasteiger partial charge in [0, 0.05) is 25.0 Å². The summed E-state index contributed by atoms with van der Waals surface area (Å²) in [5, 5.41) is 22.6. The maximum Gasteiger partial charge on any atom is 0.331 e. The minimum Gasteiger partial charge on any atom is -0.394 e. The fraction of sp³-hybridized carbons (Fsp3) is 0.304. The van der Waals surface area contributed by atoms with Crippen LogP contribution in [-0.2, 0) is 25.4 Å². The SMILES string of the molecule is Cn1c(=O)c2c(-c3cccc(C#N)c3)n3c(c2n(C)c1=O)[C@H](c1nc(Cl)cs1)CO[C@H](CO)C3. The molecule has 0 saturated heterocycles. The van der Waals surface area contributed by atoms with Gasteiger partial charge in [-0.15, -0.1) is 11.3 Å². The first kappa shape index (κ1) is 22.6. The summed E-state index contributed by atoms with van der Waals surface area (Å²) in [5.41, 5.74) is 1.93. The number of fused-ring (bicyclic) bond motifs is 3. The number of aryl methyl sites for hydroxylation is 1. The number of halogens is 1. The van der Waals surface area contributed by atoms with Gasteiger partial charge in [0.05, 0.1) is 65.7 Å². The van der Waals surface area contributed by atoms with E-state index in [1.165, 1.54) is 23.0 Å². The number of aliphatic hydroxyl groups excluding tert-OH is 1. The zero-order valence-corrected chi connectivity index (χ0v) is 19.9. The van der Waals surface area contributed by atoms with Crippen molar-refractivity contribution in [2.75, 3.05) is 13.2 Å². The Morgan fingerprint density at radius 2 is 2.12 bits per heavy atom. The topological polar surface area (TPSA) is 115 Å². The predicted octanol–water partition coefficient (Wildman–Crippen LogP) is 2.21. The summed E-state index contributed by atoms with van der Waals surface area (Å²) < 4.78 is 10.5. The fourth-order valence-electron chi connectivity index (χ4n) is 4.61. The highest BCUT2D eigenvalue weighted by Gasteiger charge is 2.35. The molecule has 5 rings (SSSR count). The van der Waals surface area contributed by atoms with Crippen LogP contribution in [0.5, 0.6) is 0 Å². The molecule has 4 aromatic rings. The number of aliphatic hydroxyl groups is 1. The fourth-order valence-corrected chi connectivity index (χ4v) is 5.65. The van der Waals surface area contributed by atoms with Gasteiger partial charge in [-0.2, -0.15) is 5.26 Å². The summed E-state index contributed by atoms with van der Waals surface area (Å²) >= 11 is 7.49. The van der Waals surface area contributed by atoms with Crippen molar-refractivity contribution < 1.29 is 9.84 Å². The van der Waals surface area contributed by atoms with E-state index in [1.54, 1.807) is 30.6 Å². The van der Waals surface area contributed by atoms with Crippen molar-refractivity contribution in [2.24, 2.45) is 14.1 Å². The third-order valence-electron chi connectivity index (χ3n) is 6.18. The lowest BCUT2D eigenvalue weighted by Crippen LogP contribution is -2.37. The Balaban J connectivity index is 1.98. The molecule has 0 spiro atoms. The molecule has 0 fully saturated rings. The monoisotopic (exact) mass is 497 g/mol. The average Bonchev–Trinajstić information content (AvgIpc) is 3.36.